The van der Waals surface area contributed by atoms with Gasteiger partial charge < -0.3 is 45.1 Å². The first-order valence-electron chi connectivity index (χ1n) is 35.7. The van der Waals surface area contributed by atoms with E-state index in [1.54, 1.807) is 6.08 Å². The molecule has 0 aromatic carbocycles. The lowest BCUT2D eigenvalue weighted by Gasteiger charge is -2.41. The fourth-order valence-corrected chi connectivity index (χ4v) is 10.6. The highest BCUT2D eigenvalue weighted by Gasteiger charge is 2.47. The highest BCUT2D eigenvalue weighted by Crippen LogP contribution is 2.26. The smallest absolute Gasteiger partial charge is 0.306 e. The normalized spacial score (nSPS) is 18.9. The molecule has 11 nitrogen and oxygen atoms in total. The third-order valence-corrected chi connectivity index (χ3v) is 16.2. The van der Waals surface area contributed by atoms with E-state index in [0.717, 1.165) is 103 Å². The van der Waals surface area contributed by atoms with Gasteiger partial charge in [-0.3, -0.25) is 9.59 Å². The van der Waals surface area contributed by atoms with E-state index >= 15 is 0 Å². The lowest BCUT2D eigenvalue weighted by Crippen LogP contribution is -2.61. The summed E-state index contributed by atoms with van der Waals surface area (Å²) in [7, 11) is 0. The summed E-state index contributed by atoms with van der Waals surface area (Å²) in [5, 5.41) is 57.2. The monoisotopic (exact) mass is 1220 g/mol. The van der Waals surface area contributed by atoms with Gasteiger partial charge in [-0.2, -0.15) is 0 Å². The fraction of sp³-hybridized carbons (Fsp3) is 0.737. The molecular weight excluding hydrogens is 1090 g/mol. The molecule has 0 spiro atoms. The molecule has 11 heteroatoms. The van der Waals surface area contributed by atoms with Gasteiger partial charge in [-0.1, -0.05) is 291 Å². The first-order chi connectivity index (χ1) is 42.7. The minimum Gasteiger partial charge on any atom is -0.454 e. The van der Waals surface area contributed by atoms with Crippen molar-refractivity contribution in [3.05, 3.63) is 109 Å². The van der Waals surface area contributed by atoms with Crippen LogP contribution in [0.25, 0.3) is 0 Å². The van der Waals surface area contributed by atoms with Crippen LogP contribution in [0.3, 0.4) is 0 Å². The predicted octanol–water partition coefficient (Wildman–Crippen LogP) is 18.4. The van der Waals surface area contributed by atoms with Gasteiger partial charge in [0.25, 0.3) is 0 Å². The molecule has 0 aliphatic carbocycles. The van der Waals surface area contributed by atoms with Gasteiger partial charge in [0.05, 0.1) is 25.4 Å². The average Bonchev–Trinajstić information content (AvgIpc) is 2.75. The zero-order valence-corrected chi connectivity index (χ0v) is 55.6. The quantitative estimate of drug-likeness (QED) is 0.0195. The second-order valence-corrected chi connectivity index (χ2v) is 24.2. The molecule has 0 aromatic rings. The Hall–Kier alpha value is -3.68. The molecule has 0 radical (unpaired) electrons. The Kier molecular flexibility index (Phi) is 58.4. The maximum atomic E-state index is 13.5. The van der Waals surface area contributed by atoms with E-state index in [1.807, 2.05) is 6.08 Å². The van der Waals surface area contributed by atoms with Crippen LogP contribution in [-0.4, -0.2) is 99.6 Å². The standard InChI is InChI=1S/C76H131NO10/c1-4-7-10-13-16-19-22-25-27-29-31-32-33-34-35-36-37-38-39-41-43-46-49-52-55-58-61-64-71(81)87-74-73(83)72(82)70(65-78)86-76(74)85-66-67(68(79)62-59-56-53-50-47-44-24-21-18-15-12-9-6-3)77-75(84)69(80)63-60-57-54-51-48-45-42-40-30-28-26-23-20-17-14-11-8-5-2/h8,11,16-17,19-20,25-28,31-32,40,42,48,51,59,62,67-70,72-74,76,78-80,82-83H,4-7,9-10,12-15,18,21-24,29-30,33-39,41,43-47,49-50,52-58,60-61,63-66H2,1-3H3,(H,77,84)/b11-8-,19-16-,20-17-,27-25-,28-26-,32-31-,42-40-,51-48-,62-59+. The van der Waals surface area contributed by atoms with Crippen molar-refractivity contribution in [1.82, 2.24) is 5.32 Å². The summed E-state index contributed by atoms with van der Waals surface area (Å²) in [6, 6.07) is -1.05. The van der Waals surface area contributed by atoms with Gasteiger partial charge in [-0.25, -0.2) is 0 Å². The minimum atomic E-state index is -1.63. The van der Waals surface area contributed by atoms with Crippen LogP contribution in [0, 0.1) is 0 Å². The summed E-state index contributed by atoms with van der Waals surface area (Å²) in [5.41, 5.74) is 0. The number of esters is 1. The van der Waals surface area contributed by atoms with Crippen molar-refractivity contribution in [2.24, 2.45) is 0 Å². The number of carbonyl (C=O) groups excluding carboxylic acids is 2. The van der Waals surface area contributed by atoms with E-state index in [0.29, 0.717) is 12.8 Å². The second kappa shape index (κ2) is 62.5. The van der Waals surface area contributed by atoms with Gasteiger partial charge in [-0.05, 0) is 109 Å². The van der Waals surface area contributed by atoms with Crippen LogP contribution in [0.4, 0.5) is 0 Å². The molecule has 1 amide bonds. The van der Waals surface area contributed by atoms with Crippen LogP contribution in [0.1, 0.15) is 297 Å². The number of hydrogen-bond acceptors (Lipinski definition) is 10. The summed E-state index contributed by atoms with van der Waals surface area (Å²) < 4.78 is 17.7. The number of hydrogen-bond donors (Lipinski definition) is 6. The van der Waals surface area contributed by atoms with Crippen LogP contribution in [0.15, 0.2) is 109 Å². The Bertz CT molecular complexity index is 1830. The molecule has 1 saturated heterocycles. The maximum absolute atomic E-state index is 13.5. The van der Waals surface area contributed by atoms with Crippen molar-refractivity contribution in [2.75, 3.05) is 13.2 Å². The Morgan fingerprint density at radius 1 is 0.460 bits per heavy atom. The van der Waals surface area contributed by atoms with Crippen LogP contribution in [0.2, 0.25) is 0 Å². The molecule has 8 atom stereocenters. The van der Waals surface area contributed by atoms with Crippen LogP contribution in [0.5, 0.6) is 0 Å². The second-order valence-electron chi connectivity index (χ2n) is 24.2. The molecule has 0 bridgehead atoms. The van der Waals surface area contributed by atoms with Crippen molar-refractivity contribution in [3.63, 3.8) is 0 Å². The Labute approximate surface area is 532 Å². The van der Waals surface area contributed by atoms with E-state index < -0.39 is 67.4 Å². The third-order valence-electron chi connectivity index (χ3n) is 16.2. The molecular formula is C76H131NO10. The lowest BCUT2D eigenvalue weighted by molar-refractivity contribution is -0.305. The summed E-state index contributed by atoms with van der Waals surface area (Å²) in [6.07, 6.45) is 75.6. The van der Waals surface area contributed by atoms with E-state index in [1.165, 1.54) is 148 Å². The highest BCUT2D eigenvalue weighted by atomic mass is 16.7. The van der Waals surface area contributed by atoms with Crippen molar-refractivity contribution in [2.45, 2.75) is 346 Å². The van der Waals surface area contributed by atoms with Gasteiger partial charge in [0.1, 0.15) is 24.4 Å². The third kappa shape index (κ3) is 49.7. The first-order valence-corrected chi connectivity index (χ1v) is 35.7. The predicted molar refractivity (Wildman–Crippen MR) is 365 cm³/mol. The van der Waals surface area contributed by atoms with Gasteiger partial charge in [0.2, 0.25) is 5.91 Å². The molecule has 6 N–H and O–H groups in total. The summed E-state index contributed by atoms with van der Waals surface area (Å²) in [6.45, 7) is 5.65. The number of carbonyl (C=O) groups is 2. The molecule has 0 aromatic heterocycles. The van der Waals surface area contributed by atoms with Crippen molar-refractivity contribution >= 4 is 11.9 Å². The zero-order chi connectivity index (χ0) is 63.1. The fourth-order valence-electron chi connectivity index (χ4n) is 10.6. The molecule has 1 aliphatic rings. The maximum Gasteiger partial charge on any atom is 0.306 e. The molecule has 1 rings (SSSR count). The molecule has 87 heavy (non-hydrogen) atoms. The molecule has 1 fully saturated rings. The van der Waals surface area contributed by atoms with Crippen LogP contribution < -0.4 is 5.32 Å². The van der Waals surface area contributed by atoms with Crippen molar-refractivity contribution in [1.29, 1.82) is 0 Å². The number of amides is 1. The van der Waals surface area contributed by atoms with E-state index in [9.17, 15) is 35.1 Å². The van der Waals surface area contributed by atoms with Crippen molar-refractivity contribution < 1.29 is 49.3 Å². The summed E-state index contributed by atoms with van der Waals surface area (Å²) in [4.78, 5) is 26.7. The highest BCUT2D eigenvalue weighted by molar-refractivity contribution is 5.80. The molecule has 1 heterocycles. The number of aliphatic hydroxyl groups is 5. The molecule has 1 aliphatic heterocycles. The topological polar surface area (TPSA) is 175 Å². The summed E-state index contributed by atoms with van der Waals surface area (Å²) >= 11 is 0. The Balaban J connectivity index is 2.59. The number of rotatable bonds is 60. The SMILES string of the molecule is CC/C=C\C/C=C\C/C=C\C/C=C\C/C=C\CCCCC(O)C(=O)NC(COC1OC(CO)C(O)C(O)C1OC(=O)CCCCCCCCCCCCCCCC/C=C\C/C=C\C/C=C\CCCCC)C(O)/C=C/CCCCCCCCCCCCC. The number of allylic oxidation sites excluding steroid dienone is 17. The average molecular weight is 1220 g/mol. The van der Waals surface area contributed by atoms with Crippen LogP contribution in [-0.2, 0) is 23.8 Å². The van der Waals surface area contributed by atoms with Gasteiger partial charge in [0.15, 0.2) is 12.4 Å². The number of nitrogens with one attached hydrogen (secondary N) is 1. The Morgan fingerprint density at radius 3 is 1.26 bits per heavy atom. The number of aliphatic hydroxyl groups excluding tert-OH is 5. The summed E-state index contributed by atoms with van der Waals surface area (Å²) in [5.74, 6) is -1.23. The molecule has 8 unspecified atom stereocenters. The zero-order valence-electron chi connectivity index (χ0n) is 55.6. The lowest BCUT2D eigenvalue weighted by atomic mass is 9.99. The largest absolute Gasteiger partial charge is 0.454 e. The molecule has 0 saturated carbocycles. The van der Waals surface area contributed by atoms with E-state index in [4.69, 9.17) is 14.2 Å². The van der Waals surface area contributed by atoms with E-state index in [-0.39, 0.29) is 19.4 Å². The molecule has 500 valence electrons. The Morgan fingerprint density at radius 2 is 0.828 bits per heavy atom. The minimum absolute atomic E-state index is 0.114. The van der Waals surface area contributed by atoms with Crippen molar-refractivity contribution in [3.8, 4) is 0 Å². The van der Waals surface area contributed by atoms with Crippen LogP contribution >= 0.6 is 0 Å². The number of unbranched alkanes of at least 4 members (excludes halogenated alkanes) is 30. The number of ether oxygens (including phenoxy) is 3. The van der Waals surface area contributed by atoms with Gasteiger partial charge in [-0.15, -0.1) is 0 Å². The van der Waals surface area contributed by atoms with Gasteiger partial charge >= 0.3 is 5.97 Å². The first kappa shape index (κ1) is 81.3. The van der Waals surface area contributed by atoms with Gasteiger partial charge in [0, 0.05) is 6.42 Å². The van der Waals surface area contributed by atoms with E-state index in [2.05, 4.69) is 123 Å².